The van der Waals surface area contributed by atoms with E-state index in [0.717, 1.165) is 38.2 Å². The zero-order valence-electron chi connectivity index (χ0n) is 11.7. The molecule has 2 aliphatic rings. The summed E-state index contributed by atoms with van der Waals surface area (Å²) in [6.07, 6.45) is 4.90. The summed E-state index contributed by atoms with van der Waals surface area (Å²) in [5, 5.41) is 3.51. The highest BCUT2D eigenvalue weighted by Crippen LogP contribution is 2.36. The van der Waals surface area contributed by atoms with Crippen LogP contribution >= 0.6 is 22.6 Å². The zero-order valence-corrected chi connectivity index (χ0v) is 13.9. The summed E-state index contributed by atoms with van der Waals surface area (Å²) >= 11 is 2.27. The molecule has 0 bridgehead atoms. The second-order valence-corrected chi connectivity index (χ2v) is 7.36. The molecule has 0 aliphatic carbocycles. The molecular formula is C16H21IN2O. The van der Waals surface area contributed by atoms with E-state index in [9.17, 15) is 4.79 Å². The summed E-state index contributed by atoms with van der Waals surface area (Å²) in [4.78, 5) is 14.7. The van der Waals surface area contributed by atoms with Gasteiger partial charge < -0.3 is 10.2 Å². The van der Waals surface area contributed by atoms with Crippen LogP contribution in [0.5, 0.6) is 0 Å². The summed E-state index contributed by atoms with van der Waals surface area (Å²) in [5.41, 5.74) is 1.15. The van der Waals surface area contributed by atoms with E-state index in [1.54, 1.807) is 0 Å². The fraction of sp³-hybridized carbons (Fsp3) is 0.562. The molecule has 1 amide bonds. The van der Waals surface area contributed by atoms with Crippen molar-refractivity contribution in [2.45, 2.75) is 25.7 Å². The summed E-state index contributed by atoms with van der Waals surface area (Å²) in [5.74, 6) is 0.200. The number of carbonyl (C=O) groups excluding carboxylic acids is 1. The maximum Gasteiger partial charge on any atom is 0.253 e. The van der Waals surface area contributed by atoms with E-state index < -0.39 is 0 Å². The number of hydrogen-bond acceptors (Lipinski definition) is 2. The van der Waals surface area contributed by atoms with Gasteiger partial charge >= 0.3 is 0 Å². The molecule has 1 spiro atoms. The minimum atomic E-state index is 0.200. The monoisotopic (exact) mass is 384 g/mol. The van der Waals surface area contributed by atoms with Crippen LogP contribution in [0.3, 0.4) is 0 Å². The van der Waals surface area contributed by atoms with Crippen molar-refractivity contribution < 1.29 is 4.79 Å². The van der Waals surface area contributed by atoms with E-state index in [1.165, 1.54) is 22.8 Å². The lowest BCUT2D eigenvalue weighted by atomic mass is 9.74. The fourth-order valence-corrected chi connectivity index (χ4v) is 3.89. The Bertz CT molecular complexity index is 474. The van der Waals surface area contributed by atoms with Gasteiger partial charge in [-0.25, -0.2) is 0 Å². The highest BCUT2D eigenvalue weighted by molar-refractivity contribution is 14.1. The second kappa shape index (κ2) is 6.02. The van der Waals surface area contributed by atoms with Crippen molar-refractivity contribution in [2.75, 3.05) is 26.2 Å². The maximum absolute atomic E-state index is 12.6. The number of piperidine rings is 2. The predicted octanol–water partition coefficient (Wildman–Crippen LogP) is 2.90. The molecule has 20 heavy (non-hydrogen) atoms. The number of nitrogens with zero attached hydrogens (tertiary/aromatic N) is 1. The largest absolute Gasteiger partial charge is 0.338 e. The Kier molecular flexibility index (Phi) is 4.31. The summed E-state index contributed by atoms with van der Waals surface area (Å²) in [6, 6.07) is 7.92. The molecule has 1 unspecified atom stereocenters. The Hall–Kier alpha value is -0.620. The highest BCUT2D eigenvalue weighted by atomic mass is 127. The van der Waals surface area contributed by atoms with Crippen LogP contribution in [0.2, 0.25) is 0 Å². The quantitative estimate of drug-likeness (QED) is 0.756. The van der Waals surface area contributed by atoms with Crippen molar-refractivity contribution in [1.29, 1.82) is 0 Å². The van der Waals surface area contributed by atoms with Gasteiger partial charge in [0, 0.05) is 34.2 Å². The minimum Gasteiger partial charge on any atom is -0.338 e. The average Bonchev–Trinajstić information content (AvgIpc) is 2.48. The summed E-state index contributed by atoms with van der Waals surface area (Å²) < 4.78 is 1.17. The predicted molar refractivity (Wildman–Crippen MR) is 88.8 cm³/mol. The molecule has 4 heteroatoms. The number of halogens is 1. The third-order valence-electron chi connectivity index (χ3n) is 4.60. The van der Waals surface area contributed by atoms with Crippen LogP contribution in [-0.2, 0) is 0 Å². The number of likely N-dealkylation sites (tertiary alicyclic amines) is 1. The number of carbonyl (C=O) groups is 1. The van der Waals surface area contributed by atoms with E-state index in [-0.39, 0.29) is 5.91 Å². The zero-order chi connectivity index (χ0) is 14.0. The Balaban J connectivity index is 1.73. The van der Waals surface area contributed by atoms with Gasteiger partial charge in [0.1, 0.15) is 0 Å². The number of amides is 1. The lowest BCUT2D eigenvalue weighted by Gasteiger charge is -2.45. The Morgan fingerprint density at radius 1 is 1.20 bits per heavy atom. The molecule has 2 aliphatic heterocycles. The van der Waals surface area contributed by atoms with Crippen LogP contribution in [0.15, 0.2) is 24.3 Å². The van der Waals surface area contributed by atoms with Gasteiger partial charge in [0.2, 0.25) is 0 Å². The first-order chi connectivity index (χ1) is 9.69. The lowest BCUT2D eigenvalue weighted by Crippen LogP contribution is -2.52. The van der Waals surface area contributed by atoms with Gasteiger partial charge in [-0.2, -0.15) is 0 Å². The van der Waals surface area contributed by atoms with Crippen molar-refractivity contribution in [3.8, 4) is 0 Å². The van der Waals surface area contributed by atoms with E-state index in [2.05, 4.69) is 32.8 Å². The summed E-state index contributed by atoms with van der Waals surface area (Å²) in [7, 11) is 0. The molecule has 0 saturated carbocycles. The molecule has 2 heterocycles. The molecule has 3 rings (SSSR count). The number of hydrogen-bond donors (Lipinski definition) is 1. The van der Waals surface area contributed by atoms with Crippen LogP contribution in [0.25, 0.3) is 0 Å². The van der Waals surface area contributed by atoms with E-state index >= 15 is 0 Å². The molecule has 0 aromatic heterocycles. The summed E-state index contributed by atoms with van der Waals surface area (Å²) in [6.45, 7) is 4.04. The van der Waals surface area contributed by atoms with E-state index in [1.807, 2.05) is 24.3 Å². The first-order valence-corrected chi connectivity index (χ1v) is 8.52. The molecule has 1 aromatic rings. The molecule has 0 radical (unpaired) electrons. The molecular weight excluding hydrogens is 363 g/mol. The van der Waals surface area contributed by atoms with Crippen LogP contribution in [0, 0.1) is 8.99 Å². The minimum absolute atomic E-state index is 0.200. The molecule has 1 atom stereocenters. The highest BCUT2D eigenvalue weighted by Gasteiger charge is 2.38. The third kappa shape index (κ3) is 3.01. The van der Waals surface area contributed by atoms with Crippen molar-refractivity contribution in [1.82, 2.24) is 10.2 Å². The normalized spacial score (nSPS) is 26.8. The van der Waals surface area contributed by atoms with Gasteiger partial charge in [0.05, 0.1) is 0 Å². The maximum atomic E-state index is 12.6. The van der Waals surface area contributed by atoms with Crippen molar-refractivity contribution in [3.05, 3.63) is 33.4 Å². The van der Waals surface area contributed by atoms with Gasteiger partial charge in [-0.1, -0.05) is 0 Å². The SMILES string of the molecule is O=C(c1ccc(I)cc1)N1CCCC2(CCCNC2)C1. The third-order valence-corrected chi connectivity index (χ3v) is 5.32. The molecule has 1 N–H and O–H groups in total. The Morgan fingerprint density at radius 3 is 2.65 bits per heavy atom. The first-order valence-electron chi connectivity index (χ1n) is 7.44. The van der Waals surface area contributed by atoms with Crippen LogP contribution < -0.4 is 5.32 Å². The van der Waals surface area contributed by atoms with Crippen molar-refractivity contribution in [3.63, 3.8) is 0 Å². The average molecular weight is 384 g/mol. The lowest BCUT2D eigenvalue weighted by molar-refractivity contribution is 0.0434. The van der Waals surface area contributed by atoms with E-state index in [4.69, 9.17) is 0 Å². The van der Waals surface area contributed by atoms with Crippen LogP contribution in [0.1, 0.15) is 36.0 Å². The number of benzene rings is 1. The van der Waals surface area contributed by atoms with Gasteiger partial charge in [0.15, 0.2) is 0 Å². The number of rotatable bonds is 1. The molecule has 1 aromatic carbocycles. The van der Waals surface area contributed by atoms with Gasteiger partial charge in [-0.3, -0.25) is 4.79 Å². The first kappa shape index (κ1) is 14.3. The Morgan fingerprint density at radius 2 is 1.95 bits per heavy atom. The molecule has 2 fully saturated rings. The van der Waals surface area contributed by atoms with E-state index in [0.29, 0.717) is 5.41 Å². The molecule has 108 valence electrons. The van der Waals surface area contributed by atoms with Gasteiger partial charge in [0.25, 0.3) is 5.91 Å². The fourth-order valence-electron chi connectivity index (χ4n) is 3.53. The topological polar surface area (TPSA) is 32.3 Å². The standard InChI is InChI=1S/C16H21IN2O/c17-14-5-3-13(4-6-14)15(20)19-10-2-8-16(12-19)7-1-9-18-11-16/h3-6,18H,1-2,7-12H2. The Labute approximate surface area is 134 Å². The van der Waals surface area contributed by atoms with Gasteiger partial charge in [-0.15, -0.1) is 0 Å². The molecule has 3 nitrogen and oxygen atoms in total. The number of nitrogens with one attached hydrogen (secondary N) is 1. The second-order valence-electron chi connectivity index (χ2n) is 6.12. The van der Waals surface area contributed by atoms with Crippen LogP contribution in [0.4, 0.5) is 0 Å². The van der Waals surface area contributed by atoms with Gasteiger partial charge in [-0.05, 0) is 79.1 Å². The van der Waals surface area contributed by atoms with Crippen molar-refractivity contribution in [2.24, 2.45) is 5.41 Å². The smallest absolute Gasteiger partial charge is 0.253 e. The molecule has 2 saturated heterocycles. The van der Waals surface area contributed by atoms with Crippen LogP contribution in [-0.4, -0.2) is 37.0 Å². The van der Waals surface area contributed by atoms with Crippen molar-refractivity contribution >= 4 is 28.5 Å².